The predicted octanol–water partition coefficient (Wildman–Crippen LogP) is 2.48. The van der Waals surface area contributed by atoms with Crippen molar-refractivity contribution in [2.75, 3.05) is 24.8 Å². The fourth-order valence-corrected chi connectivity index (χ4v) is 5.90. The molecule has 0 aromatic carbocycles. The van der Waals surface area contributed by atoms with Crippen molar-refractivity contribution in [2.45, 2.75) is 0 Å². The fourth-order valence-electron chi connectivity index (χ4n) is 1.79. The lowest BCUT2D eigenvalue weighted by molar-refractivity contribution is 0.498. The van der Waals surface area contributed by atoms with Crippen LogP contribution in [0.5, 0.6) is 0 Å². The van der Waals surface area contributed by atoms with Crippen LogP contribution in [0, 0.1) is 0 Å². The highest BCUT2D eigenvalue weighted by Crippen LogP contribution is 2.51. The van der Waals surface area contributed by atoms with Gasteiger partial charge in [-0.1, -0.05) is 0 Å². The number of hydrogen-bond donors (Lipinski definition) is 0. The zero-order chi connectivity index (χ0) is 13.7. The lowest BCUT2D eigenvalue weighted by Crippen LogP contribution is -2.30. The van der Waals surface area contributed by atoms with E-state index in [2.05, 4.69) is 14.6 Å². The van der Waals surface area contributed by atoms with Crippen molar-refractivity contribution < 1.29 is 0 Å². The molecule has 2 aromatic rings. The largest absolute Gasteiger partial charge is 0.280 e. The number of rotatable bonds is 7. The lowest BCUT2D eigenvalue weighted by Gasteiger charge is -2.35. The van der Waals surface area contributed by atoms with Crippen LogP contribution in [-0.2, 0) is 11.8 Å². The van der Waals surface area contributed by atoms with Crippen LogP contribution in [0.4, 0.5) is 0 Å². The van der Waals surface area contributed by atoms with Gasteiger partial charge in [-0.2, -0.15) is 0 Å². The van der Waals surface area contributed by atoms with Gasteiger partial charge in [-0.25, -0.2) is 14.6 Å². The molecule has 0 unspecified atom stereocenters. The minimum atomic E-state index is -2.27. The van der Waals surface area contributed by atoms with Gasteiger partial charge in [-0.3, -0.25) is 8.68 Å². The van der Waals surface area contributed by atoms with Crippen molar-refractivity contribution in [3.05, 3.63) is 37.4 Å². The molecule has 0 fully saturated rings. The summed E-state index contributed by atoms with van der Waals surface area (Å²) in [6.07, 6.45) is 10.6. The molecule has 2 heterocycles. The minimum Gasteiger partial charge on any atom is -0.280 e. The first-order valence-electron chi connectivity index (χ1n) is 5.68. The van der Waals surface area contributed by atoms with Crippen molar-refractivity contribution in [2.24, 2.45) is 0 Å². The number of aromatic nitrogens is 4. The van der Waals surface area contributed by atoms with E-state index in [1.165, 1.54) is 0 Å². The summed E-state index contributed by atoms with van der Waals surface area (Å²) in [4.78, 5) is 8.20. The smallest absolute Gasteiger partial charge is 0.204 e. The Morgan fingerprint density at radius 2 is 1.47 bits per heavy atom. The molecule has 0 atom stereocenters. The Kier molecular flexibility index (Phi) is 5.42. The molecule has 19 heavy (non-hydrogen) atoms. The maximum atomic E-state index is 5.96. The van der Waals surface area contributed by atoms with Crippen LogP contribution in [0.3, 0.4) is 0 Å². The molecule has 104 valence electrons. The van der Waals surface area contributed by atoms with E-state index in [1.54, 1.807) is 25.0 Å². The zero-order valence-electron chi connectivity index (χ0n) is 10.1. The first-order chi connectivity index (χ1) is 9.23. The molecule has 0 spiro atoms. The number of imidazole rings is 2. The van der Waals surface area contributed by atoms with Crippen LogP contribution in [0.1, 0.15) is 0 Å². The van der Waals surface area contributed by atoms with Crippen molar-refractivity contribution in [1.29, 1.82) is 0 Å². The molecule has 9 heteroatoms. The number of halogens is 2. The Morgan fingerprint density at radius 1 is 1.00 bits per heavy atom. The van der Waals surface area contributed by atoms with Crippen LogP contribution < -0.4 is 0 Å². The molecular formula is C10H14Cl2N5PS. The van der Waals surface area contributed by atoms with E-state index < -0.39 is 6.49 Å². The van der Waals surface area contributed by atoms with E-state index in [0.29, 0.717) is 24.8 Å². The van der Waals surface area contributed by atoms with Gasteiger partial charge in [0.05, 0.1) is 0 Å². The summed E-state index contributed by atoms with van der Waals surface area (Å²) in [5, 5.41) is 0. The predicted molar refractivity (Wildman–Crippen MR) is 82.5 cm³/mol. The first kappa shape index (κ1) is 15.0. The maximum absolute atomic E-state index is 5.96. The summed E-state index contributed by atoms with van der Waals surface area (Å²) in [6, 6.07) is 0. The van der Waals surface area contributed by atoms with Gasteiger partial charge in [-0.15, -0.1) is 23.2 Å². The van der Waals surface area contributed by atoms with E-state index in [9.17, 15) is 0 Å². The molecule has 0 aliphatic heterocycles. The van der Waals surface area contributed by atoms with E-state index in [0.717, 1.165) is 0 Å². The van der Waals surface area contributed by atoms with Gasteiger partial charge in [0.1, 0.15) is 12.7 Å². The third-order valence-electron chi connectivity index (χ3n) is 2.64. The highest BCUT2D eigenvalue weighted by Gasteiger charge is 2.28. The second kappa shape index (κ2) is 6.86. The molecule has 0 radical (unpaired) electrons. The van der Waals surface area contributed by atoms with Gasteiger partial charge >= 0.3 is 0 Å². The molecular weight excluding hydrogens is 324 g/mol. The monoisotopic (exact) mass is 337 g/mol. The van der Waals surface area contributed by atoms with Crippen molar-refractivity contribution in [3.8, 4) is 0 Å². The lowest BCUT2D eigenvalue weighted by atomic mass is 10.6. The van der Waals surface area contributed by atoms with Crippen LogP contribution in [0.2, 0.25) is 0 Å². The highest BCUT2D eigenvalue weighted by molar-refractivity contribution is 8.11. The molecule has 0 aliphatic carbocycles. The van der Waals surface area contributed by atoms with E-state index >= 15 is 0 Å². The summed E-state index contributed by atoms with van der Waals surface area (Å²) in [5.41, 5.74) is 0. The quantitative estimate of drug-likeness (QED) is 0.574. The second-order valence-electron chi connectivity index (χ2n) is 3.73. The molecule has 0 amide bonds. The van der Waals surface area contributed by atoms with Crippen LogP contribution in [0.25, 0.3) is 0 Å². The number of hydrogen-bond acceptors (Lipinski definition) is 3. The van der Waals surface area contributed by atoms with Gasteiger partial charge in [0.2, 0.25) is 6.49 Å². The normalized spacial score (nSPS) is 12.2. The number of nitrogens with zero attached hydrogens (tertiary/aromatic N) is 5. The Labute approximate surface area is 127 Å². The molecule has 0 saturated carbocycles. The van der Waals surface area contributed by atoms with Crippen LogP contribution in [-0.4, -0.2) is 48.2 Å². The molecule has 0 N–H and O–H groups in total. The summed E-state index contributed by atoms with van der Waals surface area (Å²) >= 11 is 17.8. The Balaban J connectivity index is 2.47. The van der Waals surface area contributed by atoms with Crippen molar-refractivity contribution in [3.63, 3.8) is 0 Å². The van der Waals surface area contributed by atoms with Crippen LogP contribution >= 0.6 is 29.7 Å². The van der Waals surface area contributed by atoms with Gasteiger partial charge in [0.15, 0.2) is 0 Å². The molecule has 0 saturated heterocycles. The Bertz CT molecular complexity index is 486. The standard InChI is InChI=1S/C10H14Cl2N5PS/c11-1-5-15(6-2-12)18(19,16-7-3-13-9-16)17-8-4-14-10-17/h3-4,7-10H,1-2,5-6H2. The molecule has 0 bridgehead atoms. The minimum absolute atomic E-state index is 0.499. The summed E-state index contributed by atoms with van der Waals surface area (Å²) in [5.74, 6) is 0.997. The average molecular weight is 338 g/mol. The van der Waals surface area contributed by atoms with E-state index in [4.69, 9.17) is 35.0 Å². The van der Waals surface area contributed by atoms with Crippen molar-refractivity contribution >= 4 is 41.5 Å². The molecule has 0 aliphatic rings. The fraction of sp³-hybridized carbons (Fsp3) is 0.400. The SMILES string of the molecule is S=P(N(CCCl)CCCl)(n1ccnc1)n1ccnc1. The highest BCUT2D eigenvalue weighted by atomic mass is 35.5. The van der Waals surface area contributed by atoms with Gasteiger partial charge in [0.25, 0.3) is 0 Å². The summed E-state index contributed by atoms with van der Waals surface area (Å²) in [7, 11) is 0. The third kappa shape index (κ3) is 3.03. The summed E-state index contributed by atoms with van der Waals surface area (Å²) < 4.78 is 6.03. The first-order valence-corrected chi connectivity index (χ1v) is 9.41. The van der Waals surface area contributed by atoms with E-state index in [-0.39, 0.29) is 0 Å². The van der Waals surface area contributed by atoms with Gasteiger partial charge < -0.3 is 0 Å². The Hall–Kier alpha value is -0.390. The van der Waals surface area contributed by atoms with Gasteiger partial charge in [0, 0.05) is 49.6 Å². The second-order valence-corrected chi connectivity index (χ2v) is 8.47. The average Bonchev–Trinajstić information content (AvgIpc) is 3.10. The summed E-state index contributed by atoms with van der Waals surface area (Å²) in [6.45, 7) is -0.928. The number of alkyl halides is 2. The van der Waals surface area contributed by atoms with E-state index in [1.807, 2.05) is 21.1 Å². The van der Waals surface area contributed by atoms with Crippen LogP contribution in [0.15, 0.2) is 37.4 Å². The maximum Gasteiger partial charge on any atom is 0.204 e. The zero-order valence-corrected chi connectivity index (χ0v) is 13.4. The molecule has 5 nitrogen and oxygen atoms in total. The third-order valence-corrected chi connectivity index (χ3v) is 7.61. The van der Waals surface area contributed by atoms with Gasteiger partial charge in [-0.05, 0) is 11.8 Å². The Morgan fingerprint density at radius 3 is 1.79 bits per heavy atom. The molecule has 2 aromatic heterocycles. The van der Waals surface area contributed by atoms with Crippen molar-refractivity contribution in [1.82, 2.24) is 23.3 Å². The molecule has 2 rings (SSSR count). The topological polar surface area (TPSA) is 38.9 Å².